The number of aromatic nitrogens is 1. The fraction of sp³-hybridized carbons (Fsp3) is 0.545. The summed E-state index contributed by atoms with van der Waals surface area (Å²) in [4.78, 5) is 14.5. The lowest BCUT2D eigenvalue weighted by Gasteiger charge is -2.36. The number of nitrogens with zero attached hydrogens (tertiary/aromatic N) is 2. The predicted octanol–water partition coefficient (Wildman–Crippen LogP) is 1.36. The summed E-state index contributed by atoms with van der Waals surface area (Å²) >= 11 is 0. The van der Waals surface area contributed by atoms with E-state index in [0.29, 0.717) is 18.2 Å². The highest BCUT2D eigenvalue weighted by Gasteiger charge is 2.34. The van der Waals surface area contributed by atoms with Gasteiger partial charge in [0.15, 0.2) is 0 Å². The zero-order valence-electron chi connectivity index (χ0n) is 10.1. The first-order chi connectivity index (χ1) is 8.52. The van der Waals surface area contributed by atoms with Crippen LogP contribution in [0, 0.1) is 10.1 Å². The fourth-order valence-corrected chi connectivity index (χ4v) is 1.86. The number of hydrogen-bond donors (Lipinski definition) is 3. The Kier molecular flexibility index (Phi) is 3.33. The molecule has 1 aliphatic carbocycles. The molecule has 1 heterocycles. The maximum absolute atomic E-state index is 10.8. The highest BCUT2D eigenvalue weighted by atomic mass is 16.6. The molecule has 0 radical (unpaired) electrons. The van der Waals surface area contributed by atoms with Gasteiger partial charge in [0.05, 0.1) is 22.7 Å². The molecule has 3 N–H and O–H groups in total. The molecule has 0 spiro atoms. The molecule has 1 aliphatic rings. The van der Waals surface area contributed by atoms with Gasteiger partial charge >= 0.3 is 0 Å². The molecule has 0 atom stereocenters. The van der Waals surface area contributed by atoms with Crippen molar-refractivity contribution in [2.45, 2.75) is 24.9 Å². The third-order valence-electron chi connectivity index (χ3n) is 3.16. The Bertz CT molecular complexity index is 460. The van der Waals surface area contributed by atoms with Gasteiger partial charge in [-0.05, 0) is 19.3 Å². The Balaban J connectivity index is 2.11. The van der Waals surface area contributed by atoms with Crippen LogP contribution in [0.25, 0.3) is 0 Å². The van der Waals surface area contributed by atoms with Crippen molar-refractivity contribution in [2.75, 3.05) is 24.2 Å². The first-order valence-corrected chi connectivity index (χ1v) is 5.83. The molecule has 0 saturated heterocycles. The van der Waals surface area contributed by atoms with E-state index < -0.39 is 10.5 Å². The molecule has 0 bridgehead atoms. The van der Waals surface area contributed by atoms with Crippen LogP contribution in [-0.2, 0) is 0 Å². The minimum absolute atomic E-state index is 0.0301. The van der Waals surface area contributed by atoms with Gasteiger partial charge in [-0.15, -0.1) is 0 Å². The summed E-state index contributed by atoms with van der Waals surface area (Å²) in [5, 5.41) is 26.4. The molecule has 0 amide bonds. The van der Waals surface area contributed by atoms with Gasteiger partial charge in [-0.3, -0.25) is 10.1 Å². The van der Waals surface area contributed by atoms with Crippen molar-refractivity contribution in [1.82, 2.24) is 4.98 Å². The first kappa shape index (κ1) is 12.6. The van der Waals surface area contributed by atoms with Crippen molar-refractivity contribution in [3.8, 4) is 0 Å². The molecule has 98 valence electrons. The van der Waals surface area contributed by atoms with Gasteiger partial charge in [0.1, 0.15) is 11.6 Å². The fourth-order valence-electron chi connectivity index (χ4n) is 1.86. The van der Waals surface area contributed by atoms with Crippen LogP contribution in [0.2, 0.25) is 0 Å². The maximum Gasteiger partial charge on any atom is 0.276 e. The van der Waals surface area contributed by atoms with Crippen LogP contribution in [-0.4, -0.2) is 34.2 Å². The second kappa shape index (κ2) is 4.77. The molecule has 0 aromatic carbocycles. The standard InChI is InChI=1S/C11H16N4O3/c1-12-9-5-8(15(17)18)6-10(14-9)13-7-11(16)3-2-4-11/h5-6,16H,2-4,7H2,1H3,(H2,12,13,14). The molecule has 0 unspecified atom stereocenters. The monoisotopic (exact) mass is 252 g/mol. The van der Waals surface area contributed by atoms with Crippen molar-refractivity contribution in [3.05, 3.63) is 22.2 Å². The van der Waals surface area contributed by atoms with E-state index in [1.807, 2.05) is 0 Å². The number of aliphatic hydroxyl groups is 1. The van der Waals surface area contributed by atoms with E-state index in [1.54, 1.807) is 7.05 Å². The average molecular weight is 252 g/mol. The quantitative estimate of drug-likeness (QED) is 0.540. The predicted molar refractivity (Wildman–Crippen MR) is 67.7 cm³/mol. The lowest BCUT2D eigenvalue weighted by Crippen LogP contribution is -2.43. The van der Waals surface area contributed by atoms with Crippen molar-refractivity contribution in [3.63, 3.8) is 0 Å². The number of pyridine rings is 1. The van der Waals surface area contributed by atoms with Crippen LogP contribution in [0.3, 0.4) is 0 Å². The molecular weight excluding hydrogens is 236 g/mol. The van der Waals surface area contributed by atoms with E-state index in [-0.39, 0.29) is 5.69 Å². The van der Waals surface area contributed by atoms with Crippen molar-refractivity contribution in [2.24, 2.45) is 0 Å². The summed E-state index contributed by atoms with van der Waals surface area (Å²) in [6, 6.07) is 2.73. The van der Waals surface area contributed by atoms with Crippen LogP contribution < -0.4 is 10.6 Å². The van der Waals surface area contributed by atoms with Crippen molar-refractivity contribution < 1.29 is 10.0 Å². The van der Waals surface area contributed by atoms with E-state index >= 15 is 0 Å². The Morgan fingerprint density at radius 1 is 1.50 bits per heavy atom. The zero-order chi connectivity index (χ0) is 13.2. The largest absolute Gasteiger partial charge is 0.388 e. The smallest absolute Gasteiger partial charge is 0.276 e. The van der Waals surface area contributed by atoms with Gasteiger partial charge in [-0.25, -0.2) is 4.98 Å². The minimum Gasteiger partial charge on any atom is -0.388 e. The van der Waals surface area contributed by atoms with Gasteiger partial charge in [-0.1, -0.05) is 0 Å². The van der Waals surface area contributed by atoms with Gasteiger partial charge in [0.2, 0.25) is 0 Å². The average Bonchev–Trinajstić information content (AvgIpc) is 2.33. The minimum atomic E-state index is -0.688. The molecule has 18 heavy (non-hydrogen) atoms. The van der Waals surface area contributed by atoms with Gasteiger partial charge < -0.3 is 15.7 Å². The van der Waals surface area contributed by atoms with Crippen LogP contribution in [0.5, 0.6) is 0 Å². The summed E-state index contributed by atoms with van der Waals surface area (Å²) in [6.45, 7) is 0.365. The van der Waals surface area contributed by atoms with Crippen LogP contribution in [0.15, 0.2) is 12.1 Å². The highest BCUT2D eigenvalue weighted by Crippen LogP contribution is 2.31. The van der Waals surface area contributed by atoms with Crippen molar-refractivity contribution in [1.29, 1.82) is 0 Å². The van der Waals surface area contributed by atoms with E-state index in [2.05, 4.69) is 15.6 Å². The normalized spacial score (nSPS) is 16.8. The van der Waals surface area contributed by atoms with Gasteiger partial charge in [0, 0.05) is 13.6 Å². The maximum atomic E-state index is 10.8. The molecule has 1 fully saturated rings. The van der Waals surface area contributed by atoms with Crippen LogP contribution in [0.4, 0.5) is 17.3 Å². The lowest BCUT2D eigenvalue weighted by atomic mass is 9.80. The third-order valence-corrected chi connectivity index (χ3v) is 3.16. The molecule has 1 aromatic heterocycles. The second-order valence-electron chi connectivity index (χ2n) is 4.53. The van der Waals surface area contributed by atoms with E-state index in [1.165, 1.54) is 12.1 Å². The number of anilines is 2. The zero-order valence-corrected chi connectivity index (χ0v) is 10.1. The number of rotatable bonds is 5. The number of nitro groups is 1. The lowest BCUT2D eigenvalue weighted by molar-refractivity contribution is -0.384. The first-order valence-electron chi connectivity index (χ1n) is 5.83. The third kappa shape index (κ3) is 2.67. The van der Waals surface area contributed by atoms with Gasteiger partial charge in [-0.2, -0.15) is 0 Å². The topological polar surface area (TPSA) is 100 Å². The molecule has 2 rings (SSSR count). The molecular formula is C11H16N4O3. The summed E-state index contributed by atoms with van der Waals surface area (Å²) in [7, 11) is 1.65. The molecule has 7 nitrogen and oxygen atoms in total. The molecule has 1 aromatic rings. The van der Waals surface area contributed by atoms with E-state index in [0.717, 1.165) is 19.3 Å². The van der Waals surface area contributed by atoms with Crippen LogP contribution in [0.1, 0.15) is 19.3 Å². The van der Waals surface area contributed by atoms with Gasteiger partial charge in [0.25, 0.3) is 5.69 Å². The number of hydrogen-bond acceptors (Lipinski definition) is 6. The Labute approximate surface area is 104 Å². The van der Waals surface area contributed by atoms with E-state index in [4.69, 9.17) is 0 Å². The Morgan fingerprint density at radius 2 is 2.17 bits per heavy atom. The highest BCUT2D eigenvalue weighted by molar-refractivity contribution is 5.54. The molecule has 7 heteroatoms. The SMILES string of the molecule is CNc1cc([N+](=O)[O-])cc(NCC2(O)CCC2)n1. The molecule has 0 aliphatic heterocycles. The summed E-state index contributed by atoms with van der Waals surface area (Å²) in [6.07, 6.45) is 2.53. The van der Waals surface area contributed by atoms with E-state index in [9.17, 15) is 15.2 Å². The van der Waals surface area contributed by atoms with Crippen LogP contribution >= 0.6 is 0 Å². The Morgan fingerprint density at radius 3 is 2.67 bits per heavy atom. The summed E-state index contributed by atoms with van der Waals surface area (Å²) in [5.41, 5.74) is -0.719. The second-order valence-corrected chi connectivity index (χ2v) is 4.53. The molecule has 1 saturated carbocycles. The number of nitrogens with one attached hydrogen (secondary N) is 2. The Hall–Kier alpha value is -1.89. The summed E-state index contributed by atoms with van der Waals surface area (Å²) < 4.78 is 0. The summed E-state index contributed by atoms with van der Waals surface area (Å²) in [5.74, 6) is 0.821. The van der Waals surface area contributed by atoms with Crippen molar-refractivity contribution >= 4 is 17.3 Å².